The van der Waals surface area contributed by atoms with Crippen LogP contribution in [0.15, 0.2) is 74.7 Å². The molecular weight excluding hydrogens is 186 g/mol. The predicted octanol–water partition coefficient (Wildman–Crippen LogP) is 2.61. The summed E-state index contributed by atoms with van der Waals surface area (Å²) in [5, 5.41) is 0. The van der Waals surface area contributed by atoms with Crippen molar-refractivity contribution in [3.05, 3.63) is 74.7 Å². The summed E-state index contributed by atoms with van der Waals surface area (Å²) >= 11 is 0. The van der Waals surface area contributed by atoms with Crippen LogP contribution in [0.1, 0.15) is 0 Å². The van der Waals surface area contributed by atoms with Crippen LogP contribution in [0.2, 0.25) is 0 Å². The minimum absolute atomic E-state index is 0. The maximum absolute atomic E-state index is 3.74. The average molecular weight is 205 g/mol. The second-order valence-electron chi connectivity index (χ2n) is 2.60. The van der Waals surface area contributed by atoms with Gasteiger partial charge in [0.2, 0.25) is 0 Å². The molecule has 0 spiro atoms. The van der Waals surface area contributed by atoms with Crippen LogP contribution in [0.4, 0.5) is 0 Å². The van der Waals surface area contributed by atoms with E-state index in [0.29, 0.717) is 0 Å². The predicted molar refractivity (Wildman–Crippen MR) is 68.3 cm³/mol. The molecule has 0 rings (SSSR count). The standard InChI is InChI=1S/C13H17N.H2O/c1-5-9-10-11-13(6-2)12-14(7-3)8-4;/h5-11H,1-4,12H2;1H2/b10-9+,13-11+;. The third-order valence-electron chi connectivity index (χ3n) is 1.65. The van der Waals surface area contributed by atoms with E-state index in [4.69, 9.17) is 0 Å². The molecule has 2 nitrogen and oxygen atoms in total. The van der Waals surface area contributed by atoms with Gasteiger partial charge < -0.3 is 10.4 Å². The average Bonchev–Trinajstić information content (AvgIpc) is 2.23. The molecule has 0 atom stereocenters. The number of hydrogen-bond acceptors (Lipinski definition) is 1. The summed E-state index contributed by atoms with van der Waals surface area (Å²) in [6.45, 7) is 15.4. The molecule has 0 aromatic heterocycles. The molecular formula is C13H19NO. The van der Waals surface area contributed by atoms with E-state index in [2.05, 4.69) is 26.3 Å². The maximum atomic E-state index is 3.74. The van der Waals surface area contributed by atoms with Crippen LogP contribution in [0, 0.1) is 0 Å². The van der Waals surface area contributed by atoms with E-state index < -0.39 is 0 Å². The molecule has 0 radical (unpaired) electrons. The highest BCUT2D eigenvalue weighted by atomic mass is 16.0. The van der Waals surface area contributed by atoms with Gasteiger partial charge in [0.25, 0.3) is 0 Å². The maximum Gasteiger partial charge on any atom is 0.0469 e. The molecule has 82 valence electrons. The molecule has 0 saturated carbocycles. The Bertz CT molecular complexity index is 266. The van der Waals surface area contributed by atoms with Crippen molar-refractivity contribution in [1.82, 2.24) is 4.90 Å². The summed E-state index contributed by atoms with van der Waals surface area (Å²) in [6, 6.07) is 0. The number of hydrogen-bond donors (Lipinski definition) is 0. The fourth-order valence-corrected chi connectivity index (χ4v) is 0.857. The molecule has 0 aliphatic carbocycles. The van der Waals surface area contributed by atoms with Crippen molar-refractivity contribution < 1.29 is 5.48 Å². The Kier molecular flexibility index (Phi) is 10.7. The van der Waals surface area contributed by atoms with Gasteiger partial charge in [-0.1, -0.05) is 56.7 Å². The van der Waals surface area contributed by atoms with Crippen molar-refractivity contribution in [1.29, 1.82) is 0 Å². The van der Waals surface area contributed by atoms with Crippen molar-refractivity contribution in [2.24, 2.45) is 0 Å². The molecule has 2 N–H and O–H groups in total. The second kappa shape index (κ2) is 10.3. The van der Waals surface area contributed by atoms with E-state index in [1.54, 1.807) is 18.5 Å². The van der Waals surface area contributed by atoms with Crippen molar-refractivity contribution in [2.75, 3.05) is 6.54 Å². The summed E-state index contributed by atoms with van der Waals surface area (Å²) in [5.74, 6) is 0. The fourth-order valence-electron chi connectivity index (χ4n) is 0.857. The first-order valence-corrected chi connectivity index (χ1v) is 4.40. The monoisotopic (exact) mass is 205 g/mol. The summed E-state index contributed by atoms with van der Waals surface area (Å²) in [6.07, 6.45) is 12.8. The van der Waals surface area contributed by atoms with Gasteiger partial charge in [0, 0.05) is 6.54 Å². The largest absolute Gasteiger partial charge is 0.412 e. The number of rotatable bonds is 7. The quantitative estimate of drug-likeness (QED) is 0.588. The zero-order chi connectivity index (χ0) is 10.8. The van der Waals surface area contributed by atoms with Gasteiger partial charge in [0.1, 0.15) is 0 Å². The van der Waals surface area contributed by atoms with Crippen molar-refractivity contribution in [3.63, 3.8) is 0 Å². The van der Waals surface area contributed by atoms with Crippen LogP contribution in [-0.4, -0.2) is 16.9 Å². The summed E-state index contributed by atoms with van der Waals surface area (Å²) in [5.41, 5.74) is 1.10. The van der Waals surface area contributed by atoms with Gasteiger partial charge in [-0.15, -0.1) is 0 Å². The lowest BCUT2D eigenvalue weighted by atomic mass is 10.2. The van der Waals surface area contributed by atoms with Gasteiger partial charge in [-0.3, -0.25) is 0 Å². The molecule has 0 aromatic rings. The first-order valence-electron chi connectivity index (χ1n) is 4.40. The van der Waals surface area contributed by atoms with Gasteiger partial charge in [0.15, 0.2) is 0 Å². The fraction of sp³-hybridized carbons (Fsp3) is 0.0769. The molecule has 0 aliphatic heterocycles. The lowest BCUT2D eigenvalue weighted by Crippen LogP contribution is -2.11. The van der Waals surface area contributed by atoms with Crippen LogP contribution >= 0.6 is 0 Å². The van der Waals surface area contributed by atoms with Crippen LogP contribution in [0.25, 0.3) is 0 Å². The van der Waals surface area contributed by atoms with Gasteiger partial charge in [0.05, 0.1) is 0 Å². The van der Waals surface area contributed by atoms with E-state index in [0.717, 1.165) is 12.1 Å². The van der Waals surface area contributed by atoms with E-state index in [1.165, 1.54) is 0 Å². The normalized spacial score (nSPS) is 10.3. The molecule has 0 amide bonds. The Morgan fingerprint density at radius 2 is 1.60 bits per heavy atom. The van der Waals surface area contributed by atoms with Crippen LogP contribution in [-0.2, 0) is 0 Å². The zero-order valence-corrected chi connectivity index (χ0v) is 9.02. The smallest absolute Gasteiger partial charge is 0.0469 e. The van der Waals surface area contributed by atoms with Crippen molar-refractivity contribution >= 4 is 0 Å². The SMILES string of the molecule is C=C/C=C/C=C(\C=C)CN(C=C)C=C.O. The molecule has 15 heavy (non-hydrogen) atoms. The van der Waals surface area contributed by atoms with E-state index >= 15 is 0 Å². The molecule has 0 aromatic carbocycles. The Labute approximate surface area is 92.2 Å². The zero-order valence-electron chi connectivity index (χ0n) is 9.02. The molecule has 0 bridgehead atoms. The number of allylic oxidation sites excluding steroid dienone is 4. The Hall–Kier alpha value is -1.80. The molecule has 0 fully saturated rings. The molecule has 0 unspecified atom stereocenters. The summed E-state index contributed by atoms with van der Waals surface area (Å²) in [4.78, 5) is 1.88. The Morgan fingerprint density at radius 1 is 1.00 bits per heavy atom. The Morgan fingerprint density at radius 3 is 2.00 bits per heavy atom. The first-order chi connectivity index (χ1) is 6.78. The second-order valence-corrected chi connectivity index (χ2v) is 2.60. The highest BCUT2D eigenvalue weighted by Gasteiger charge is 1.94. The molecule has 2 heteroatoms. The molecule has 0 heterocycles. The third kappa shape index (κ3) is 7.28. The lowest BCUT2D eigenvalue weighted by Gasteiger charge is -2.14. The van der Waals surface area contributed by atoms with Crippen molar-refractivity contribution in [2.45, 2.75) is 0 Å². The highest BCUT2D eigenvalue weighted by molar-refractivity contribution is 5.25. The van der Waals surface area contributed by atoms with Gasteiger partial charge in [-0.25, -0.2) is 0 Å². The lowest BCUT2D eigenvalue weighted by molar-refractivity contribution is 0.559. The third-order valence-corrected chi connectivity index (χ3v) is 1.65. The van der Waals surface area contributed by atoms with E-state index in [1.807, 2.05) is 29.2 Å². The van der Waals surface area contributed by atoms with Crippen LogP contribution in [0.5, 0.6) is 0 Å². The number of nitrogens with zero attached hydrogens (tertiary/aromatic N) is 1. The molecule has 0 saturated heterocycles. The minimum Gasteiger partial charge on any atom is -0.412 e. The minimum atomic E-state index is 0. The Balaban J connectivity index is 0. The summed E-state index contributed by atoms with van der Waals surface area (Å²) in [7, 11) is 0. The first kappa shape index (κ1) is 15.7. The summed E-state index contributed by atoms with van der Waals surface area (Å²) < 4.78 is 0. The van der Waals surface area contributed by atoms with Gasteiger partial charge in [-0.2, -0.15) is 0 Å². The van der Waals surface area contributed by atoms with Crippen molar-refractivity contribution in [3.8, 4) is 0 Å². The van der Waals surface area contributed by atoms with E-state index in [-0.39, 0.29) is 5.48 Å². The van der Waals surface area contributed by atoms with Crippen LogP contribution < -0.4 is 0 Å². The van der Waals surface area contributed by atoms with Gasteiger partial charge >= 0.3 is 0 Å². The van der Waals surface area contributed by atoms with Crippen LogP contribution in [0.3, 0.4) is 0 Å². The van der Waals surface area contributed by atoms with Gasteiger partial charge in [-0.05, 0) is 18.0 Å². The highest BCUT2D eigenvalue weighted by Crippen LogP contribution is 2.01. The molecule has 0 aliphatic rings. The topological polar surface area (TPSA) is 34.7 Å². The van der Waals surface area contributed by atoms with E-state index in [9.17, 15) is 0 Å².